The van der Waals surface area contributed by atoms with Gasteiger partial charge in [0.25, 0.3) is 0 Å². The van der Waals surface area contributed by atoms with Gasteiger partial charge in [-0.15, -0.1) is 0 Å². The average molecular weight is 228 g/mol. The maximum absolute atomic E-state index is 5.73. The van der Waals surface area contributed by atoms with Gasteiger partial charge in [0.15, 0.2) is 0 Å². The molecule has 1 rings (SSSR count). The summed E-state index contributed by atoms with van der Waals surface area (Å²) in [4.78, 5) is 2.40. The third-order valence-electron chi connectivity index (χ3n) is 3.15. The van der Waals surface area contributed by atoms with Crippen molar-refractivity contribution in [1.29, 1.82) is 0 Å². The first-order chi connectivity index (χ1) is 7.68. The summed E-state index contributed by atoms with van der Waals surface area (Å²) in [5.74, 6) is 0. The fraction of sp³-hybridized carbons (Fsp3) is 1.00. The minimum Gasteiger partial charge on any atom is -0.378 e. The number of nitrogens with one attached hydrogen (secondary N) is 1. The summed E-state index contributed by atoms with van der Waals surface area (Å²) in [5, 5.41) is 3.44. The van der Waals surface area contributed by atoms with Gasteiger partial charge in [-0.2, -0.15) is 0 Å². The van der Waals surface area contributed by atoms with Crippen LogP contribution in [0.3, 0.4) is 0 Å². The van der Waals surface area contributed by atoms with E-state index in [9.17, 15) is 0 Å². The van der Waals surface area contributed by atoms with E-state index in [0.29, 0.717) is 12.1 Å². The van der Waals surface area contributed by atoms with Gasteiger partial charge >= 0.3 is 0 Å². The summed E-state index contributed by atoms with van der Waals surface area (Å²) >= 11 is 0. The van der Waals surface area contributed by atoms with Gasteiger partial charge in [0.05, 0.1) is 6.10 Å². The van der Waals surface area contributed by atoms with Crippen molar-refractivity contribution in [3.8, 4) is 0 Å². The summed E-state index contributed by atoms with van der Waals surface area (Å²) in [6, 6.07) is 0.593. The quantitative estimate of drug-likeness (QED) is 0.720. The summed E-state index contributed by atoms with van der Waals surface area (Å²) in [5.41, 5.74) is 0. The van der Waals surface area contributed by atoms with Crippen LogP contribution in [0.1, 0.15) is 39.5 Å². The maximum Gasteiger partial charge on any atom is 0.0587 e. The fourth-order valence-electron chi connectivity index (χ4n) is 2.06. The standard InChI is InChI=1S/C13H28N2O/c1-12(2)14-8-10-15(3)9-7-13-6-4-5-11-16-13/h12-14H,4-11H2,1-3H3. The van der Waals surface area contributed by atoms with E-state index in [1.54, 1.807) is 0 Å². The van der Waals surface area contributed by atoms with Gasteiger partial charge in [0.2, 0.25) is 0 Å². The van der Waals surface area contributed by atoms with Crippen molar-refractivity contribution in [3.05, 3.63) is 0 Å². The van der Waals surface area contributed by atoms with Crippen LogP contribution in [0.2, 0.25) is 0 Å². The molecule has 0 saturated carbocycles. The molecule has 1 aliphatic rings. The van der Waals surface area contributed by atoms with Crippen molar-refractivity contribution >= 4 is 0 Å². The second-order valence-electron chi connectivity index (χ2n) is 5.19. The van der Waals surface area contributed by atoms with Crippen molar-refractivity contribution in [2.45, 2.75) is 51.7 Å². The number of ether oxygens (including phenoxy) is 1. The number of hydrogen-bond acceptors (Lipinski definition) is 3. The molecule has 0 aromatic rings. The molecular weight excluding hydrogens is 200 g/mol. The molecule has 0 aromatic heterocycles. The Morgan fingerprint density at radius 2 is 2.12 bits per heavy atom. The molecule has 3 heteroatoms. The summed E-state index contributed by atoms with van der Waals surface area (Å²) in [6.45, 7) is 8.73. The van der Waals surface area contributed by atoms with Crippen LogP contribution in [0, 0.1) is 0 Å². The largest absolute Gasteiger partial charge is 0.378 e. The third kappa shape index (κ3) is 6.46. The van der Waals surface area contributed by atoms with E-state index in [1.165, 1.54) is 25.7 Å². The van der Waals surface area contributed by atoms with Crippen LogP contribution in [0.4, 0.5) is 0 Å². The number of rotatable bonds is 7. The Bertz CT molecular complexity index is 167. The average Bonchev–Trinajstić information content (AvgIpc) is 2.27. The molecule has 0 aliphatic carbocycles. The van der Waals surface area contributed by atoms with E-state index >= 15 is 0 Å². The molecule has 0 spiro atoms. The molecule has 1 fully saturated rings. The van der Waals surface area contributed by atoms with Crippen LogP contribution in [-0.2, 0) is 4.74 Å². The molecule has 1 unspecified atom stereocenters. The maximum atomic E-state index is 5.73. The Kier molecular flexibility index (Phi) is 7.01. The van der Waals surface area contributed by atoms with E-state index in [2.05, 4.69) is 31.1 Å². The highest BCUT2D eigenvalue weighted by atomic mass is 16.5. The Morgan fingerprint density at radius 1 is 1.31 bits per heavy atom. The lowest BCUT2D eigenvalue weighted by molar-refractivity contribution is 0.00679. The van der Waals surface area contributed by atoms with Gasteiger partial charge < -0.3 is 15.0 Å². The first-order valence-electron chi connectivity index (χ1n) is 6.72. The molecule has 1 aliphatic heterocycles. The zero-order valence-corrected chi connectivity index (χ0v) is 11.2. The minimum absolute atomic E-state index is 0.522. The van der Waals surface area contributed by atoms with E-state index < -0.39 is 0 Å². The van der Waals surface area contributed by atoms with Crippen molar-refractivity contribution < 1.29 is 4.74 Å². The zero-order valence-electron chi connectivity index (χ0n) is 11.2. The van der Waals surface area contributed by atoms with Crippen molar-refractivity contribution in [2.75, 3.05) is 33.3 Å². The van der Waals surface area contributed by atoms with Crippen molar-refractivity contribution in [2.24, 2.45) is 0 Å². The van der Waals surface area contributed by atoms with Crippen molar-refractivity contribution in [1.82, 2.24) is 10.2 Å². The van der Waals surface area contributed by atoms with Crippen LogP contribution in [0.15, 0.2) is 0 Å². The van der Waals surface area contributed by atoms with Crippen LogP contribution >= 0.6 is 0 Å². The molecule has 16 heavy (non-hydrogen) atoms. The molecule has 1 atom stereocenters. The van der Waals surface area contributed by atoms with Crippen molar-refractivity contribution in [3.63, 3.8) is 0 Å². The smallest absolute Gasteiger partial charge is 0.0587 e. The highest BCUT2D eigenvalue weighted by molar-refractivity contribution is 4.66. The molecule has 1 heterocycles. The Morgan fingerprint density at radius 3 is 2.75 bits per heavy atom. The third-order valence-corrected chi connectivity index (χ3v) is 3.15. The van der Waals surface area contributed by atoms with Crippen LogP contribution in [0.5, 0.6) is 0 Å². The van der Waals surface area contributed by atoms with Crippen LogP contribution in [0.25, 0.3) is 0 Å². The Balaban J connectivity index is 1.98. The van der Waals surface area contributed by atoms with E-state index in [1.807, 2.05) is 0 Å². The van der Waals surface area contributed by atoms with Gasteiger partial charge in [-0.1, -0.05) is 13.8 Å². The highest BCUT2D eigenvalue weighted by Gasteiger charge is 2.13. The second-order valence-corrected chi connectivity index (χ2v) is 5.19. The molecule has 1 N–H and O–H groups in total. The fourth-order valence-corrected chi connectivity index (χ4v) is 2.06. The van der Waals surface area contributed by atoms with Gasteiger partial charge in [-0.3, -0.25) is 0 Å². The van der Waals surface area contributed by atoms with Crippen LogP contribution < -0.4 is 5.32 Å². The first kappa shape index (κ1) is 13.9. The van der Waals surface area contributed by atoms with Gasteiger partial charge in [-0.05, 0) is 32.7 Å². The monoisotopic (exact) mass is 228 g/mol. The second kappa shape index (κ2) is 8.04. The Hall–Kier alpha value is -0.120. The summed E-state index contributed by atoms with van der Waals surface area (Å²) < 4.78 is 5.73. The van der Waals surface area contributed by atoms with E-state index in [4.69, 9.17) is 4.74 Å². The zero-order chi connectivity index (χ0) is 11.8. The van der Waals surface area contributed by atoms with E-state index in [0.717, 1.165) is 26.2 Å². The topological polar surface area (TPSA) is 24.5 Å². The highest BCUT2D eigenvalue weighted by Crippen LogP contribution is 2.15. The van der Waals surface area contributed by atoms with Gasteiger partial charge in [0.1, 0.15) is 0 Å². The molecular formula is C13H28N2O. The SMILES string of the molecule is CC(C)NCCN(C)CCC1CCCCO1. The molecule has 0 bridgehead atoms. The summed E-state index contributed by atoms with van der Waals surface area (Å²) in [7, 11) is 2.20. The molecule has 96 valence electrons. The molecule has 1 saturated heterocycles. The predicted octanol–water partition coefficient (Wildman–Crippen LogP) is 1.88. The predicted molar refractivity (Wildman–Crippen MR) is 68.8 cm³/mol. The lowest BCUT2D eigenvalue weighted by Crippen LogP contribution is -2.34. The lowest BCUT2D eigenvalue weighted by Gasteiger charge is -2.25. The van der Waals surface area contributed by atoms with E-state index in [-0.39, 0.29) is 0 Å². The van der Waals surface area contributed by atoms with Gasteiger partial charge in [0, 0.05) is 32.3 Å². The lowest BCUT2D eigenvalue weighted by atomic mass is 10.1. The minimum atomic E-state index is 0.522. The number of nitrogens with zero attached hydrogens (tertiary/aromatic N) is 1. The Labute approximate surface area is 101 Å². The molecule has 0 amide bonds. The number of likely N-dealkylation sites (N-methyl/N-ethyl adjacent to an activating group) is 1. The molecule has 0 radical (unpaired) electrons. The molecule has 0 aromatic carbocycles. The molecule has 3 nitrogen and oxygen atoms in total. The number of hydrogen-bond donors (Lipinski definition) is 1. The van der Waals surface area contributed by atoms with Crippen LogP contribution in [-0.4, -0.2) is 50.3 Å². The first-order valence-corrected chi connectivity index (χ1v) is 6.72. The van der Waals surface area contributed by atoms with Gasteiger partial charge in [-0.25, -0.2) is 0 Å². The normalized spacial score (nSPS) is 21.9. The summed E-state index contributed by atoms with van der Waals surface area (Å²) in [6.07, 6.45) is 5.58.